The Hall–Kier alpha value is -2.43. The van der Waals surface area contributed by atoms with Crippen molar-refractivity contribution in [3.05, 3.63) is 42.6 Å². The number of benzene rings is 1. The number of nitrogen functional groups attached to an aromatic ring is 1. The molecular weight excluding hydrogens is 216 g/mol. The number of hydrogen-bond donors (Lipinski definition) is 1. The zero-order valence-electron chi connectivity index (χ0n) is 9.37. The van der Waals surface area contributed by atoms with Crippen LogP contribution < -0.4 is 10.5 Å². The Bertz CT molecular complexity index is 525. The quantitative estimate of drug-likeness (QED) is 0.648. The van der Waals surface area contributed by atoms with E-state index in [1.165, 1.54) is 0 Å². The number of aromatic nitrogens is 1. The molecule has 17 heavy (non-hydrogen) atoms. The van der Waals surface area contributed by atoms with Crippen LogP contribution in [0.2, 0.25) is 0 Å². The van der Waals surface area contributed by atoms with E-state index in [4.69, 9.17) is 10.5 Å². The maximum atomic E-state index is 5.70. The fourth-order valence-corrected chi connectivity index (χ4v) is 1.28. The van der Waals surface area contributed by atoms with E-state index in [2.05, 4.69) is 15.2 Å². The molecule has 86 valence electrons. The molecule has 0 radical (unpaired) electrons. The van der Waals surface area contributed by atoms with Crippen LogP contribution in [0.25, 0.3) is 0 Å². The number of methoxy groups -OCH3 is 1. The van der Waals surface area contributed by atoms with Gasteiger partial charge >= 0.3 is 0 Å². The number of ether oxygens (including phenoxy) is 1. The predicted octanol–water partition coefficient (Wildman–Crippen LogP) is 3.09. The second-order valence-electron chi connectivity index (χ2n) is 3.31. The van der Waals surface area contributed by atoms with Gasteiger partial charge in [-0.25, -0.2) is 4.98 Å². The van der Waals surface area contributed by atoms with Gasteiger partial charge in [0.25, 0.3) is 0 Å². The minimum atomic E-state index is 0.559. The van der Waals surface area contributed by atoms with Gasteiger partial charge in [-0.2, -0.15) is 0 Å². The van der Waals surface area contributed by atoms with Crippen molar-refractivity contribution in [1.29, 1.82) is 0 Å². The summed E-state index contributed by atoms with van der Waals surface area (Å²) >= 11 is 0. The van der Waals surface area contributed by atoms with Crippen molar-refractivity contribution >= 4 is 17.2 Å². The molecule has 0 atom stereocenters. The van der Waals surface area contributed by atoms with Crippen molar-refractivity contribution in [3.8, 4) is 5.75 Å². The summed E-state index contributed by atoms with van der Waals surface area (Å²) in [6.45, 7) is 0. The molecule has 5 heteroatoms. The highest BCUT2D eigenvalue weighted by atomic mass is 16.5. The van der Waals surface area contributed by atoms with Gasteiger partial charge in [0.15, 0.2) is 5.82 Å². The van der Waals surface area contributed by atoms with Gasteiger partial charge in [-0.05, 0) is 24.3 Å². The van der Waals surface area contributed by atoms with Gasteiger partial charge in [-0.1, -0.05) is 6.07 Å². The largest absolute Gasteiger partial charge is 0.495 e. The van der Waals surface area contributed by atoms with Crippen molar-refractivity contribution in [2.45, 2.75) is 0 Å². The number of hydrogen-bond acceptors (Lipinski definition) is 5. The van der Waals surface area contributed by atoms with Crippen molar-refractivity contribution in [3.63, 3.8) is 0 Å². The highest BCUT2D eigenvalue weighted by Crippen LogP contribution is 2.27. The molecule has 0 unspecified atom stereocenters. The van der Waals surface area contributed by atoms with Crippen LogP contribution in [0.15, 0.2) is 52.8 Å². The number of anilines is 1. The summed E-state index contributed by atoms with van der Waals surface area (Å²) in [6.07, 6.45) is 1.66. The molecule has 0 aliphatic heterocycles. The molecule has 0 aliphatic rings. The Labute approximate surface area is 99.0 Å². The molecular formula is C12H12N4O. The summed E-state index contributed by atoms with van der Waals surface area (Å²) in [5.74, 6) is 1.14. The highest BCUT2D eigenvalue weighted by molar-refractivity contribution is 5.59. The summed E-state index contributed by atoms with van der Waals surface area (Å²) in [6, 6.07) is 10.7. The molecule has 2 aromatic rings. The normalized spacial score (nSPS) is 10.6. The third-order valence-corrected chi connectivity index (χ3v) is 2.13. The van der Waals surface area contributed by atoms with E-state index in [0.717, 1.165) is 0 Å². The lowest BCUT2D eigenvalue weighted by molar-refractivity contribution is 0.417. The van der Waals surface area contributed by atoms with E-state index in [1.54, 1.807) is 37.6 Å². The van der Waals surface area contributed by atoms with E-state index in [0.29, 0.717) is 22.9 Å². The molecule has 2 rings (SSSR count). The molecule has 0 bridgehead atoms. The third kappa shape index (κ3) is 2.78. The van der Waals surface area contributed by atoms with E-state index in [9.17, 15) is 0 Å². The molecule has 0 aliphatic carbocycles. The van der Waals surface area contributed by atoms with Crippen LogP contribution in [0.5, 0.6) is 5.75 Å². The Morgan fingerprint density at radius 2 is 2.06 bits per heavy atom. The van der Waals surface area contributed by atoms with Crippen LogP contribution in [-0.4, -0.2) is 12.1 Å². The fourth-order valence-electron chi connectivity index (χ4n) is 1.28. The Balaban J connectivity index is 2.22. The molecule has 0 saturated heterocycles. The number of nitrogens with zero attached hydrogens (tertiary/aromatic N) is 3. The monoisotopic (exact) mass is 228 g/mol. The zero-order valence-corrected chi connectivity index (χ0v) is 9.37. The summed E-state index contributed by atoms with van der Waals surface area (Å²) in [4.78, 5) is 4.04. The van der Waals surface area contributed by atoms with Crippen LogP contribution >= 0.6 is 0 Å². The smallest absolute Gasteiger partial charge is 0.174 e. The van der Waals surface area contributed by atoms with Crippen LogP contribution in [0.3, 0.4) is 0 Å². The maximum absolute atomic E-state index is 5.70. The first kappa shape index (κ1) is 11.1. The first-order valence-electron chi connectivity index (χ1n) is 5.06. The van der Waals surface area contributed by atoms with Crippen molar-refractivity contribution < 1.29 is 4.74 Å². The predicted molar refractivity (Wildman–Crippen MR) is 65.8 cm³/mol. The summed E-state index contributed by atoms with van der Waals surface area (Å²) in [5, 5.41) is 8.05. The van der Waals surface area contributed by atoms with Crippen molar-refractivity contribution in [2.24, 2.45) is 10.2 Å². The first-order valence-corrected chi connectivity index (χ1v) is 5.06. The van der Waals surface area contributed by atoms with Gasteiger partial charge in [-0.15, -0.1) is 10.2 Å². The lowest BCUT2D eigenvalue weighted by Crippen LogP contribution is -1.90. The molecule has 1 aromatic heterocycles. The number of rotatable bonds is 3. The second-order valence-corrected chi connectivity index (χ2v) is 3.31. The van der Waals surface area contributed by atoms with Crippen LogP contribution in [0, 0.1) is 0 Å². The first-order chi connectivity index (χ1) is 8.29. The van der Waals surface area contributed by atoms with Gasteiger partial charge in [-0.3, -0.25) is 0 Å². The van der Waals surface area contributed by atoms with E-state index in [-0.39, 0.29) is 0 Å². The number of azo groups is 1. The van der Waals surface area contributed by atoms with Gasteiger partial charge in [0.2, 0.25) is 0 Å². The van der Waals surface area contributed by atoms with Crippen LogP contribution in [0.1, 0.15) is 0 Å². The lowest BCUT2D eigenvalue weighted by atomic mass is 10.2. The number of pyridine rings is 1. The SMILES string of the molecule is COc1cc(/N=N/c2ccccn2)ccc1N. The van der Waals surface area contributed by atoms with Gasteiger partial charge in [0.1, 0.15) is 5.75 Å². The van der Waals surface area contributed by atoms with Crippen molar-refractivity contribution in [1.82, 2.24) is 4.98 Å². The zero-order chi connectivity index (χ0) is 12.1. The summed E-state index contributed by atoms with van der Waals surface area (Å²) in [7, 11) is 1.56. The topological polar surface area (TPSA) is 72.9 Å². The average molecular weight is 228 g/mol. The van der Waals surface area contributed by atoms with Crippen LogP contribution in [0.4, 0.5) is 17.2 Å². The van der Waals surface area contributed by atoms with Gasteiger partial charge < -0.3 is 10.5 Å². The Kier molecular flexibility index (Phi) is 3.30. The van der Waals surface area contributed by atoms with Crippen LogP contribution in [-0.2, 0) is 0 Å². The molecule has 0 fully saturated rings. The minimum Gasteiger partial charge on any atom is -0.495 e. The Morgan fingerprint density at radius 1 is 1.18 bits per heavy atom. The molecule has 5 nitrogen and oxygen atoms in total. The average Bonchev–Trinajstić information content (AvgIpc) is 2.39. The molecule has 0 amide bonds. The fraction of sp³-hybridized carbons (Fsp3) is 0.0833. The minimum absolute atomic E-state index is 0.559. The molecule has 0 spiro atoms. The van der Waals surface area contributed by atoms with Gasteiger partial charge in [0, 0.05) is 12.3 Å². The lowest BCUT2D eigenvalue weighted by Gasteiger charge is -2.03. The van der Waals surface area contributed by atoms with Gasteiger partial charge in [0.05, 0.1) is 18.5 Å². The molecule has 0 saturated carbocycles. The van der Waals surface area contributed by atoms with Crippen molar-refractivity contribution in [2.75, 3.05) is 12.8 Å². The summed E-state index contributed by atoms with van der Waals surface area (Å²) < 4.78 is 5.10. The molecule has 1 aromatic carbocycles. The number of nitrogens with two attached hydrogens (primary N) is 1. The standard InChI is InChI=1S/C12H12N4O/c1-17-11-8-9(5-6-10(11)13)15-16-12-4-2-3-7-14-12/h2-8H,13H2,1H3/b16-15+. The maximum Gasteiger partial charge on any atom is 0.174 e. The van der Waals surface area contributed by atoms with E-state index < -0.39 is 0 Å². The third-order valence-electron chi connectivity index (χ3n) is 2.13. The second kappa shape index (κ2) is 5.07. The Morgan fingerprint density at radius 3 is 2.76 bits per heavy atom. The van der Waals surface area contributed by atoms with E-state index >= 15 is 0 Å². The summed E-state index contributed by atoms with van der Waals surface area (Å²) in [5.41, 5.74) is 6.94. The molecule has 2 N–H and O–H groups in total. The highest BCUT2D eigenvalue weighted by Gasteiger charge is 1.99. The molecule has 1 heterocycles. The van der Waals surface area contributed by atoms with E-state index in [1.807, 2.05) is 12.1 Å².